The maximum Gasteiger partial charge on any atom is 0.409 e. The zero-order valence-electron chi connectivity index (χ0n) is 18.7. The van der Waals surface area contributed by atoms with Gasteiger partial charge in [0.15, 0.2) is 0 Å². The average Bonchev–Trinajstić information content (AvgIpc) is 3.24. The molecule has 1 aromatic heterocycles. The third kappa shape index (κ3) is 4.06. The normalized spacial score (nSPS) is 22.8. The first-order valence-corrected chi connectivity index (χ1v) is 11.7. The van der Waals surface area contributed by atoms with Crippen LogP contribution >= 0.6 is 0 Å². The van der Waals surface area contributed by atoms with Gasteiger partial charge in [0.05, 0.1) is 6.61 Å². The van der Waals surface area contributed by atoms with Crippen molar-refractivity contribution in [3.05, 3.63) is 48.4 Å². The van der Waals surface area contributed by atoms with E-state index in [4.69, 9.17) is 4.74 Å². The molecule has 2 saturated heterocycles. The summed E-state index contributed by atoms with van der Waals surface area (Å²) < 4.78 is 18.9. The van der Waals surface area contributed by atoms with Gasteiger partial charge in [-0.15, -0.1) is 0 Å². The van der Waals surface area contributed by atoms with Crippen molar-refractivity contribution in [3.63, 3.8) is 0 Å². The van der Waals surface area contributed by atoms with E-state index in [2.05, 4.69) is 14.8 Å². The standard InChI is InChI=1S/C25H31FN4O2/c1-2-32-24(31)30-17-25(18-30)9-8-21(16-25)28-11-13-29(14-12-28)23-22(7-4-10-27-23)19-5-3-6-20(26)15-19/h3-7,10,15,21H,2,8-9,11-14,16-18H2,1H3/t21-/m1/s1. The van der Waals surface area contributed by atoms with Gasteiger partial charge in [-0.3, -0.25) is 4.90 Å². The van der Waals surface area contributed by atoms with Gasteiger partial charge in [-0.25, -0.2) is 14.2 Å². The fourth-order valence-electron chi connectivity index (χ4n) is 5.71. The molecule has 1 aliphatic carbocycles. The van der Waals surface area contributed by atoms with Crippen LogP contribution in [0, 0.1) is 11.2 Å². The van der Waals surface area contributed by atoms with E-state index in [0.29, 0.717) is 18.1 Å². The zero-order chi connectivity index (χ0) is 22.1. The highest BCUT2D eigenvalue weighted by molar-refractivity contribution is 5.75. The number of rotatable bonds is 4. The second-order valence-electron chi connectivity index (χ2n) is 9.36. The molecular weight excluding hydrogens is 407 g/mol. The molecule has 6 nitrogen and oxygen atoms in total. The number of anilines is 1. The van der Waals surface area contributed by atoms with Crippen molar-refractivity contribution in [2.24, 2.45) is 5.41 Å². The Balaban J connectivity index is 1.19. The lowest BCUT2D eigenvalue weighted by molar-refractivity contribution is -0.00294. The molecule has 0 radical (unpaired) electrons. The third-order valence-corrected chi connectivity index (χ3v) is 7.31. The number of carbonyl (C=O) groups excluding carboxylic acids is 1. The minimum Gasteiger partial charge on any atom is -0.450 e. The second kappa shape index (κ2) is 8.70. The van der Waals surface area contributed by atoms with E-state index in [1.54, 1.807) is 12.1 Å². The number of hydrogen-bond acceptors (Lipinski definition) is 5. The molecule has 5 rings (SSSR count). The Hall–Kier alpha value is -2.67. The first-order valence-electron chi connectivity index (χ1n) is 11.7. The summed E-state index contributed by atoms with van der Waals surface area (Å²) in [6.45, 7) is 7.80. The van der Waals surface area contributed by atoms with Crippen molar-refractivity contribution in [3.8, 4) is 11.1 Å². The molecule has 170 valence electrons. The average molecular weight is 439 g/mol. The number of ether oxygens (including phenoxy) is 1. The van der Waals surface area contributed by atoms with Crippen LogP contribution in [0.4, 0.5) is 15.0 Å². The molecule has 32 heavy (non-hydrogen) atoms. The number of piperazine rings is 1. The third-order valence-electron chi connectivity index (χ3n) is 7.31. The second-order valence-corrected chi connectivity index (χ2v) is 9.36. The minimum atomic E-state index is -0.227. The van der Waals surface area contributed by atoms with Crippen LogP contribution in [0.1, 0.15) is 26.2 Å². The van der Waals surface area contributed by atoms with Gasteiger partial charge in [0.1, 0.15) is 11.6 Å². The van der Waals surface area contributed by atoms with Gasteiger partial charge in [-0.1, -0.05) is 12.1 Å². The van der Waals surface area contributed by atoms with Gasteiger partial charge in [0, 0.05) is 62.5 Å². The van der Waals surface area contributed by atoms with Crippen LogP contribution in [0.5, 0.6) is 0 Å². The molecule has 1 atom stereocenters. The maximum absolute atomic E-state index is 13.8. The molecule has 3 heterocycles. The molecule has 7 heteroatoms. The monoisotopic (exact) mass is 438 g/mol. The van der Waals surface area contributed by atoms with Crippen LogP contribution in [0.2, 0.25) is 0 Å². The Kier molecular flexibility index (Phi) is 5.76. The molecule has 1 aromatic carbocycles. The molecule has 0 unspecified atom stereocenters. The molecule has 1 spiro atoms. The summed E-state index contributed by atoms with van der Waals surface area (Å²) >= 11 is 0. The van der Waals surface area contributed by atoms with Gasteiger partial charge in [-0.05, 0) is 56.0 Å². The van der Waals surface area contributed by atoms with Crippen molar-refractivity contribution < 1.29 is 13.9 Å². The van der Waals surface area contributed by atoms with Crippen LogP contribution in [0.15, 0.2) is 42.6 Å². The lowest BCUT2D eigenvalue weighted by Crippen LogP contribution is -2.58. The number of hydrogen-bond donors (Lipinski definition) is 0. The highest BCUT2D eigenvalue weighted by Gasteiger charge is 2.51. The predicted octanol–water partition coefficient (Wildman–Crippen LogP) is 4.02. The van der Waals surface area contributed by atoms with E-state index in [0.717, 1.165) is 56.2 Å². The number of halogens is 1. The fraction of sp³-hybridized carbons (Fsp3) is 0.520. The molecule has 1 amide bonds. The van der Waals surface area contributed by atoms with E-state index in [1.807, 2.05) is 36.2 Å². The van der Waals surface area contributed by atoms with Crippen LogP contribution < -0.4 is 4.90 Å². The van der Waals surface area contributed by atoms with Gasteiger partial charge in [0.2, 0.25) is 0 Å². The van der Waals surface area contributed by atoms with Gasteiger partial charge in [0.25, 0.3) is 0 Å². The summed E-state index contributed by atoms with van der Waals surface area (Å²) in [4.78, 5) is 23.4. The molecule has 0 bridgehead atoms. The number of aromatic nitrogens is 1. The Labute approximate surface area is 189 Å². The molecule has 2 aromatic rings. The van der Waals surface area contributed by atoms with Crippen LogP contribution in [-0.2, 0) is 4.74 Å². The summed E-state index contributed by atoms with van der Waals surface area (Å²) in [7, 11) is 0. The number of benzene rings is 1. The summed E-state index contributed by atoms with van der Waals surface area (Å²) in [6, 6.07) is 11.3. The molecule has 3 aliphatic rings. The van der Waals surface area contributed by atoms with Crippen molar-refractivity contribution in [1.29, 1.82) is 0 Å². The summed E-state index contributed by atoms with van der Waals surface area (Å²) in [5.41, 5.74) is 2.14. The minimum absolute atomic E-state index is 0.167. The van der Waals surface area contributed by atoms with E-state index in [9.17, 15) is 9.18 Å². The van der Waals surface area contributed by atoms with Crippen LogP contribution in [0.25, 0.3) is 11.1 Å². The van der Waals surface area contributed by atoms with E-state index in [-0.39, 0.29) is 11.9 Å². The van der Waals surface area contributed by atoms with Crippen LogP contribution in [0.3, 0.4) is 0 Å². The van der Waals surface area contributed by atoms with Crippen molar-refractivity contribution in [1.82, 2.24) is 14.8 Å². The largest absolute Gasteiger partial charge is 0.450 e. The molecular formula is C25H31FN4O2. The highest BCUT2D eigenvalue weighted by atomic mass is 19.1. The number of amides is 1. The van der Waals surface area contributed by atoms with E-state index in [1.165, 1.54) is 25.3 Å². The lowest BCUT2D eigenvalue weighted by Gasteiger charge is -2.48. The highest BCUT2D eigenvalue weighted by Crippen LogP contribution is 2.47. The number of carbonyl (C=O) groups is 1. The Morgan fingerprint density at radius 2 is 2.00 bits per heavy atom. The fourth-order valence-corrected chi connectivity index (χ4v) is 5.71. The number of nitrogens with zero attached hydrogens (tertiary/aromatic N) is 4. The smallest absolute Gasteiger partial charge is 0.409 e. The molecule has 2 aliphatic heterocycles. The molecule has 0 N–H and O–H groups in total. The Morgan fingerprint density at radius 3 is 2.75 bits per heavy atom. The number of pyridine rings is 1. The lowest BCUT2D eigenvalue weighted by atomic mass is 9.78. The Bertz CT molecular complexity index is 970. The Morgan fingerprint density at radius 1 is 1.19 bits per heavy atom. The quantitative estimate of drug-likeness (QED) is 0.722. The van der Waals surface area contributed by atoms with Gasteiger partial charge in [-0.2, -0.15) is 0 Å². The zero-order valence-corrected chi connectivity index (χ0v) is 18.7. The summed E-state index contributed by atoms with van der Waals surface area (Å²) in [5, 5.41) is 0. The first kappa shape index (κ1) is 21.2. The SMILES string of the molecule is CCOC(=O)N1CC2(CC[C@@H](N3CCN(c4ncccc4-c4cccc(F)c4)CC3)C2)C1. The molecule has 1 saturated carbocycles. The van der Waals surface area contributed by atoms with E-state index >= 15 is 0 Å². The van der Waals surface area contributed by atoms with Crippen molar-refractivity contribution in [2.75, 3.05) is 50.8 Å². The van der Waals surface area contributed by atoms with Crippen LogP contribution in [-0.4, -0.2) is 72.8 Å². The van der Waals surface area contributed by atoms with E-state index < -0.39 is 0 Å². The van der Waals surface area contributed by atoms with Crippen molar-refractivity contribution in [2.45, 2.75) is 32.2 Å². The topological polar surface area (TPSA) is 48.9 Å². The summed E-state index contributed by atoms with van der Waals surface area (Å²) in [6.07, 6.45) is 5.21. The van der Waals surface area contributed by atoms with Gasteiger partial charge < -0.3 is 14.5 Å². The first-order chi connectivity index (χ1) is 15.6. The predicted molar refractivity (Wildman–Crippen MR) is 122 cm³/mol. The summed E-state index contributed by atoms with van der Waals surface area (Å²) in [5.74, 6) is 0.708. The van der Waals surface area contributed by atoms with Gasteiger partial charge >= 0.3 is 6.09 Å². The maximum atomic E-state index is 13.8. The molecule has 3 fully saturated rings. The van der Waals surface area contributed by atoms with Crippen molar-refractivity contribution >= 4 is 11.9 Å². The number of likely N-dealkylation sites (tertiary alicyclic amines) is 1.